The quantitative estimate of drug-likeness (QED) is 0.545. The molecular weight excluding hydrogens is 160 g/mol. The van der Waals surface area contributed by atoms with Crippen molar-refractivity contribution in [1.29, 1.82) is 0 Å². The molecule has 0 amide bonds. The molecule has 0 fully saturated rings. The number of unbranched alkanes of at least 4 members (excludes halogenated alkanes) is 5. The minimum atomic E-state index is -2.38. The molecule has 0 bridgehead atoms. The summed E-state index contributed by atoms with van der Waals surface area (Å²) in [6.07, 6.45) is 7.62. The van der Waals surface area contributed by atoms with Crippen LogP contribution in [0.25, 0.3) is 0 Å². The second-order valence-electron chi connectivity index (χ2n) is 3.59. The van der Waals surface area contributed by atoms with Gasteiger partial charge in [0.2, 0.25) is 0 Å². The van der Waals surface area contributed by atoms with Gasteiger partial charge in [0.05, 0.1) is 7.13 Å². The van der Waals surface area contributed by atoms with Crippen LogP contribution < -0.4 is 0 Å². The first kappa shape index (κ1) is 6.10. The molecule has 0 aromatic heterocycles. The van der Waals surface area contributed by atoms with Crippen molar-refractivity contribution in [1.82, 2.24) is 0 Å². The Balaban J connectivity index is 2.14. The van der Waals surface area contributed by atoms with Gasteiger partial charge in [0.1, 0.15) is 6.08 Å². The highest BCUT2D eigenvalue weighted by atomic mass is 16.5. The Bertz CT molecular complexity index is 272. The van der Waals surface area contributed by atoms with Crippen molar-refractivity contribution in [3.63, 3.8) is 0 Å². The summed E-state index contributed by atoms with van der Waals surface area (Å²) >= 11 is 0. The van der Waals surface area contributed by atoms with Gasteiger partial charge in [-0.3, -0.25) is 0 Å². The summed E-state index contributed by atoms with van der Waals surface area (Å²) in [6.45, 7) is -0.187. The van der Waals surface area contributed by atoms with Crippen LogP contribution in [0, 0.1) is 0 Å². The van der Waals surface area contributed by atoms with E-state index < -0.39 is 12.9 Å². The number of ether oxygens (including phenoxy) is 1. The van der Waals surface area contributed by atoms with Crippen molar-refractivity contribution >= 4 is 0 Å². The maximum atomic E-state index is 7.55. The van der Waals surface area contributed by atoms with Gasteiger partial charge < -0.3 is 4.74 Å². The Morgan fingerprint density at radius 2 is 2.08 bits per heavy atom. The van der Waals surface area contributed by atoms with Crippen molar-refractivity contribution in [3.8, 4) is 0 Å². The van der Waals surface area contributed by atoms with Crippen molar-refractivity contribution < 1.29 is 10.2 Å². The Labute approximate surface area is 87.8 Å². The lowest BCUT2D eigenvalue weighted by atomic mass is 10.1. The van der Waals surface area contributed by atoms with Crippen molar-refractivity contribution in [2.24, 2.45) is 0 Å². The highest BCUT2D eigenvalue weighted by Crippen LogP contribution is 2.22. The molecule has 1 rings (SSSR count). The summed E-state index contributed by atoms with van der Waals surface area (Å²) in [5, 5.41) is 0. The fraction of sp³-hybridized carbons (Fsp3) is 0.833. The van der Waals surface area contributed by atoms with Gasteiger partial charge >= 0.3 is 0 Å². The van der Waals surface area contributed by atoms with Gasteiger partial charge in [-0.15, -0.1) is 0 Å². The molecule has 1 nitrogen and oxygen atoms in total. The van der Waals surface area contributed by atoms with Crippen LogP contribution >= 0.6 is 0 Å². The molecule has 76 valence electrons. The smallest absolute Gasteiger partial charge is 0.117 e. The Kier molecular flexibility index (Phi) is 2.85. The van der Waals surface area contributed by atoms with E-state index in [1.54, 1.807) is 0 Å². The average Bonchev–Trinajstić information content (AvgIpc) is 2.18. The van der Waals surface area contributed by atoms with E-state index in [0.717, 1.165) is 19.3 Å². The lowest BCUT2D eigenvalue weighted by molar-refractivity contribution is 0.108. The molecule has 0 aromatic carbocycles. The number of allylic oxidation sites excluding steroid dienone is 1. The van der Waals surface area contributed by atoms with Gasteiger partial charge in [0, 0.05) is 10.5 Å². The molecule has 1 aliphatic rings. The maximum Gasteiger partial charge on any atom is 0.117 e. The third-order valence-electron chi connectivity index (χ3n) is 2.31. The van der Waals surface area contributed by atoms with Crippen LogP contribution in [-0.2, 0) is 4.74 Å². The van der Waals surface area contributed by atoms with Gasteiger partial charge in [0.25, 0.3) is 0 Å². The molecule has 0 spiro atoms. The van der Waals surface area contributed by atoms with Crippen molar-refractivity contribution in [2.75, 3.05) is 0 Å². The lowest BCUT2D eigenvalue weighted by Crippen LogP contribution is -2.15. The van der Waals surface area contributed by atoms with E-state index in [1.807, 2.05) is 0 Å². The van der Waals surface area contributed by atoms with Crippen molar-refractivity contribution in [3.05, 3.63) is 11.8 Å². The minimum absolute atomic E-state index is 0.673. The van der Waals surface area contributed by atoms with Crippen LogP contribution in [-0.4, -0.2) is 6.08 Å². The number of rotatable bonds is 7. The molecule has 0 saturated heterocycles. The van der Waals surface area contributed by atoms with Gasteiger partial charge in [-0.1, -0.05) is 39.0 Å². The number of hydrogen-bond acceptors (Lipinski definition) is 1. The normalized spacial score (nSPS) is 31.6. The van der Waals surface area contributed by atoms with Crippen LogP contribution in [0.4, 0.5) is 0 Å². The molecule has 13 heavy (non-hydrogen) atoms. The molecular formula is C12H22O. The van der Waals surface area contributed by atoms with E-state index in [0.29, 0.717) is 5.76 Å². The molecule has 1 aliphatic heterocycles. The van der Waals surface area contributed by atoms with E-state index in [9.17, 15) is 0 Å². The molecule has 1 atom stereocenters. The van der Waals surface area contributed by atoms with Crippen LogP contribution in [0.5, 0.6) is 0 Å². The van der Waals surface area contributed by atoms with Gasteiger partial charge in [-0.05, 0) is 19.3 Å². The SMILES string of the molecule is [2H]C([2H])([2H])C1([2H])C=C(CCCCCCCC)O1. The third-order valence-corrected chi connectivity index (χ3v) is 2.31. The molecule has 0 aromatic rings. The average molecular weight is 186 g/mol. The monoisotopic (exact) mass is 186 g/mol. The summed E-state index contributed by atoms with van der Waals surface area (Å²) in [7, 11) is 0. The second kappa shape index (κ2) is 6.06. The first-order valence-electron chi connectivity index (χ1n) is 7.30. The van der Waals surface area contributed by atoms with E-state index in [-0.39, 0.29) is 0 Å². The van der Waals surface area contributed by atoms with E-state index in [1.165, 1.54) is 31.8 Å². The lowest BCUT2D eigenvalue weighted by Gasteiger charge is -2.23. The highest BCUT2D eigenvalue weighted by Gasteiger charge is 2.13. The van der Waals surface area contributed by atoms with Crippen LogP contribution in [0.2, 0.25) is 0 Å². The van der Waals surface area contributed by atoms with Crippen LogP contribution in [0.1, 0.15) is 64.2 Å². The summed E-state index contributed by atoms with van der Waals surface area (Å²) in [5.41, 5.74) is 0. The Morgan fingerprint density at radius 1 is 1.38 bits per heavy atom. The fourth-order valence-electron chi connectivity index (χ4n) is 1.49. The summed E-state index contributed by atoms with van der Waals surface area (Å²) in [6, 6.07) is 0. The zero-order valence-corrected chi connectivity index (χ0v) is 8.44. The van der Waals surface area contributed by atoms with Crippen LogP contribution in [0.3, 0.4) is 0 Å². The van der Waals surface area contributed by atoms with Crippen molar-refractivity contribution in [2.45, 2.75) is 64.8 Å². The summed E-state index contributed by atoms with van der Waals surface area (Å²) in [4.78, 5) is 0. The predicted molar refractivity (Wildman–Crippen MR) is 56.6 cm³/mol. The van der Waals surface area contributed by atoms with E-state index in [4.69, 9.17) is 10.2 Å². The molecule has 0 aliphatic carbocycles. The van der Waals surface area contributed by atoms with E-state index in [2.05, 4.69) is 6.92 Å². The first-order chi connectivity index (χ1) is 7.89. The summed E-state index contributed by atoms with van der Waals surface area (Å²) in [5.74, 6) is 0.673. The van der Waals surface area contributed by atoms with Gasteiger partial charge in [0.15, 0.2) is 0 Å². The molecule has 0 radical (unpaired) electrons. The molecule has 0 saturated carbocycles. The number of hydrogen-bond donors (Lipinski definition) is 0. The fourth-order valence-corrected chi connectivity index (χ4v) is 1.49. The minimum Gasteiger partial charge on any atom is -0.491 e. The Morgan fingerprint density at radius 3 is 2.77 bits per heavy atom. The van der Waals surface area contributed by atoms with Gasteiger partial charge in [-0.2, -0.15) is 0 Å². The summed E-state index contributed by atoms with van der Waals surface area (Å²) < 4.78 is 34.1. The van der Waals surface area contributed by atoms with Gasteiger partial charge in [-0.25, -0.2) is 0 Å². The second-order valence-corrected chi connectivity index (χ2v) is 3.59. The zero-order valence-electron chi connectivity index (χ0n) is 12.4. The first-order valence-corrected chi connectivity index (χ1v) is 5.30. The molecule has 1 unspecified atom stereocenters. The largest absolute Gasteiger partial charge is 0.491 e. The standard InChI is InChI=1S/C12H22O/c1-3-4-5-6-7-8-9-12-10-11(2)13-12/h10-11H,3-9H2,1-2H3/i2D3,11D. The zero-order chi connectivity index (χ0) is 12.9. The molecule has 1 heteroatoms. The Hall–Kier alpha value is -0.460. The highest BCUT2D eigenvalue weighted by molar-refractivity contribution is 5.06. The topological polar surface area (TPSA) is 9.23 Å². The molecule has 0 N–H and O–H groups in total. The third kappa shape index (κ3) is 4.35. The van der Waals surface area contributed by atoms with Crippen LogP contribution in [0.15, 0.2) is 11.8 Å². The molecule has 1 heterocycles. The predicted octanol–water partition coefficient (Wildman–Crippen LogP) is 4.04. The maximum absolute atomic E-state index is 7.55. The van der Waals surface area contributed by atoms with E-state index >= 15 is 0 Å².